The summed E-state index contributed by atoms with van der Waals surface area (Å²) in [6.45, 7) is 0. The van der Waals surface area contributed by atoms with Gasteiger partial charge >= 0.3 is 0 Å². The van der Waals surface area contributed by atoms with Gasteiger partial charge in [0.25, 0.3) is 0 Å². The van der Waals surface area contributed by atoms with Crippen molar-refractivity contribution in [1.29, 1.82) is 0 Å². The van der Waals surface area contributed by atoms with E-state index in [1.54, 1.807) is 0 Å². The molecule has 1 aliphatic carbocycles. The molecule has 1 aromatic carbocycles. The second-order valence-electron chi connectivity index (χ2n) is 3.48. The summed E-state index contributed by atoms with van der Waals surface area (Å²) in [4.78, 5) is 4.47. The molecule has 3 nitrogen and oxygen atoms in total. The monoisotopic (exact) mass is 287 g/mol. The van der Waals surface area contributed by atoms with Gasteiger partial charge in [0.1, 0.15) is 5.84 Å². The molecular formula is C10H11BrClN3. The smallest absolute Gasteiger partial charge is 0.143 e. The summed E-state index contributed by atoms with van der Waals surface area (Å²) in [5.41, 5.74) is 3.52. The fourth-order valence-electron chi connectivity index (χ4n) is 1.25. The van der Waals surface area contributed by atoms with E-state index in [0.29, 0.717) is 16.9 Å². The second-order valence-corrected chi connectivity index (χ2v) is 4.77. The molecule has 1 fully saturated rings. The second kappa shape index (κ2) is 4.51. The predicted molar refractivity (Wildman–Crippen MR) is 66.0 cm³/mol. The standard InChI is InChI=1S/C10H11BrClN3/c11-9-4-1-6(12)5-8(9)10(15-13)14-7-2-3-7/h1,4-5,7H,2-3,13H2,(H,14,15). The summed E-state index contributed by atoms with van der Waals surface area (Å²) in [5, 5.41) is 0.673. The van der Waals surface area contributed by atoms with Crippen LogP contribution in [0.1, 0.15) is 18.4 Å². The van der Waals surface area contributed by atoms with Crippen LogP contribution >= 0.6 is 27.5 Å². The average molecular weight is 289 g/mol. The zero-order valence-corrected chi connectivity index (χ0v) is 10.3. The summed E-state index contributed by atoms with van der Waals surface area (Å²) in [5.74, 6) is 6.14. The highest BCUT2D eigenvalue weighted by Crippen LogP contribution is 2.26. The van der Waals surface area contributed by atoms with E-state index >= 15 is 0 Å². The minimum absolute atomic E-state index is 0.418. The van der Waals surface area contributed by atoms with Crippen LogP contribution in [0.5, 0.6) is 0 Å². The molecule has 3 N–H and O–H groups in total. The van der Waals surface area contributed by atoms with Gasteiger partial charge in [0, 0.05) is 15.1 Å². The average Bonchev–Trinajstić information content (AvgIpc) is 3.02. The summed E-state index contributed by atoms with van der Waals surface area (Å²) in [7, 11) is 0. The van der Waals surface area contributed by atoms with Crippen LogP contribution in [0, 0.1) is 0 Å². The van der Waals surface area contributed by atoms with Gasteiger partial charge < -0.3 is 5.43 Å². The molecular weight excluding hydrogens is 277 g/mol. The van der Waals surface area contributed by atoms with Crippen LogP contribution in [-0.4, -0.2) is 11.9 Å². The largest absolute Gasteiger partial charge is 0.308 e. The third-order valence-corrected chi connectivity index (χ3v) is 3.11. The fourth-order valence-corrected chi connectivity index (χ4v) is 1.86. The third-order valence-electron chi connectivity index (χ3n) is 2.18. The summed E-state index contributed by atoms with van der Waals surface area (Å²) >= 11 is 9.37. The topological polar surface area (TPSA) is 50.4 Å². The molecule has 0 unspecified atom stereocenters. The number of hydrogen-bond donors (Lipinski definition) is 2. The van der Waals surface area contributed by atoms with Crippen LogP contribution in [0.4, 0.5) is 0 Å². The molecule has 5 heteroatoms. The van der Waals surface area contributed by atoms with E-state index in [1.165, 1.54) is 0 Å². The molecule has 15 heavy (non-hydrogen) atoms. The molecule has 0 aliphatic heterocycles. The number of rotatable bonds is 2. The number of hydrazine groups is 1. The fraction of sp³-hybridized carbons (Fsp3) is 0.300. The van der Waals surface area contributed by atoms with Crippen molar-refractivity contribution in [2.75, 3.05) is 0 Å². The maximum Gasteiger partial charge on any atom is 0.143 e. The first-order valence-electron chi connectivity index (χ1n) is 4.70. The van der Waals surface area contributed by atoms with Crippen molar-refractivity contribution in [2.24, 2.45) is 10.8 Å². The van der Waals surface area contributed by atoms with E-state index in [4.69, 9.17) is 17.4 Å². The molecule has 0 bridgehead atoms. The Morgan fingerprint density at radius 2 is 2.27 bits per heavy atom. The van der Waals surface area contributed by atoms with Gasteiger partial charge in [-0.2, -0.15) is 0 Å². The number of nitrogens with zero attached hydrogens (tertiary/aromatic N) is 1. The molecule has 80 valence electrons. The molecule has 2 rings (SSSR count). The van der Waals surface area contributed by atoms with Crippen molar-refractivity contribution in [3.63, 3.8) is 0 Å². The first-order chi connectivity index (χ1) is 7.20. The van der Waals surface area contributed by atoms with E-state index in [1.807, 2.05) is 18.2 Å². The minimum atomic E-state index is 0.418. The first-order valence-corrected chi connectivity index (χ1v) is 5.87. The van der Waals surface area contributed by atoms with Crippen molar-refractivity contribution in [3.8, 4) is 0 Å². The molecule has 1 aliphatic rings. The Kier molecular flexibility index (Phi) is 3.29. The number of nitrogens with one attached hydrogen (secondary N) is 1. The molecule has 0 spiro atoms. The van der Waals surface area contributed by atoms with Crippen molar-refractivity contribution in [3.05, 3.63) is 33.3 Å². The third kappa shape index (κ3) is 2.71. The number of halogens is 2. The molecule has 1 saturated carbocycles. The molecule has 0 atom stereocenters. The van der Waals surface area contributed by atoms with Crippen molar-refractivity contribution in [2.45, 2.75) is 18.9 Å². The van der Waals surface area contributed by atoms with Crippen LogP contribution in [-0.2, 0) is 0 Å². The van der Waals surface area contributed by atoms with Gasteiger partial charge in [-0.1, -0.05) is 27.5 Å². The van der Waals surface area contributed by atoms with Crippen LogP contribution in [0.2, 0.25) is 5.02 Å². The quantitative estimate of drug-likeness (QED) is 0.380. The van der Waals surface area contributed by atoms with E-state index < -0.39 is 0 Å². The van der Waals surface area contributed by atoms with Gasteiger partial charge in [-0.05, 0) is 31.0 Å². The Hall–Kier alpha value is -0.580. The van der Waals surface area contributed by atoms with Crippen molar-refractivity contribution >= 4 is 33.4 Å². The van der Waals surface area contributed by atoms with Gasteiger partial charge in [-0.15, -0.1) is 0 Å². The minimum Gasteiger partial charge on any atom is -0.308 e. The van der Waals surface area contributed by atoms with Gasteiger partial charge in [0.05, 0.1) is 6.04 Å². The molecule has 0 heterocycles. The Morgan fingerprint density at radius 1 is 1.53 bits per heavy atom. The van der Waals surface area contributed by atoms with Crippen LogP contribution < -0.4 is 11.3 Å². The lowest BCUT2D eigenvalue weighted by molar-refractivity contribution is 0.970. The maximum absolute atomic E-state index is 5.93. The molecule has 0 radical (unpaired) electrons. The lowest BCUT2D eigenvalue weighted by Crippen LogP contribution is -2.31. The Labute approximate surface area is 102 Å². The zero-order chi connectivity index (χ0) is 10.8. The summed E-state index contributed by atoms with van der Waals surface area (Å²) < 4.78 is 0.934. The number of nitrogens with two attached hydrogens (primary N) is 1. The van der Waals surface area contributed by atoms with Crippen molar-refractivity contribution < 1.29 is 0 Å². The van der Waals surface area contributed by atoms with Gasteiger partial charge in [-0.3, -0.25) is 4.99 Å². The molecule has 1 aromatic rings. The van der Waals surface area contributed by atoms with Crippen LogP contribution in [0.25, 0.3) is 0 Å². The lowest BCUT2D eigenvalue weighted by atomic mass is 10.2. The highest BCUT2D eigenvalue weighted by Gasteiger charge is 2.21. The van der Waals surface area contributed by atoms with Gasteiger partial charge in [0.15, 0.2) is 0 Å². The first kappa shape index (κ1) is 10.9. The van der Waals surface area contributed by atoms with E-state index in [9.17, 15) is 0 Å². The summed E-state index contributed by atoms with van der Waals surface area (Å²) in [6.07, 6.45) is 2.28. The highest BCUT2D eigenvalue weighted by atomic mass is 79.9. The van der Waals surface area contributed by atoms with E-state index in [0.717, 1.165) is 22.9 Å². The zero-order valence-electron chi connectivity index (χ0n) is 8.00. The van der Waals surface area contributed by atoms with E-state index in [-0.39, 0.29) is 0 Å². The van der Waals surface area contributed by atoms with Gasteiger partial charge in [0.2, 0.25) is 0 Å². The normalized spacial score (nSPS) is 16.6. The number of benzene rings is 1. The van der Waals surface area contributed by atoms with E-state index in [2.05, 4.69) is 26.3 Å². The molecule has 0 aromatic heterocycles. The number of amidine groups is 1. The van der Waals surface area contributed by atoms with Gasteiger partial charge in [-0.25, -0.2) is 5.84 Å². The highest BCUT2D eigenvalue weighted by molar-refractivity contribution is 9.10. The Morgan fingerprint density at radius 3 is 2.87 bits per heavy atom. The molecule has 0 saturated heterocycles. The SMILES string of the molecule is NNC(=NC1CC1)c1cc(Cl)ccc1Br. The molecule has 0 amide bonds. The van der Waals surface area contributed by atoms with Crippen LogP contribution in [0.15, 0.2) is 27.7 Å². The van der Waals surface area contributed by atoms with Crippen LogP contribution in [0.3, 0.4) is 0 Å². The Balaban J connectivity index is 2.36. The van der Waals surface area contributed by atoms with Crippen molar-refractivity contribution in [1.82, 2.24) is 5.43 Å². The maximum atomic E-state index is 5.93. The number of hydrogen-bond acceptors (Lipinski definition) is 2. The number of aliphatic imine (C=N–C) groups is 1. The Bertz CT molecular complexity index is 402. The summed E-state index contributed by atoms with van der Waals surface area (Å²) in [6, 6.07) is 5.96. The predicted octanol–water partition coefficient (Wildman–Crippen LogP) is 2.47. The lowest BCUT2D eigenvalue weighted by Gasteiger charge is -2.08.